The summed E-state index contributed by atoms with van der Waals surface area (Å²) in [5.41, 5.74) is 2.56. The molecule has 0 saturated carbocycles. The highest BCUT2D eigenvalue weighted by atomic mass is 32.1. The van der Waals surface area contributed by atoms with E-state index in [1.807, 2.05) is 0 Å². The van der Waals surface area contributed by atoms with Gasteiger partial charge in [0.15, 0.2) is 5.96 Å². The van der Waals surface area contributed by atoms with Gasteiger partial charge in [0.25, 0.3) is 0 Å². The van der Waals surface area contributed by atoms with Crippen molar-refractivity contribution < 1.29 is 0 Å². The maximum atomic E-state index is 4.71. The Balaban J connectivity index is 1.89. The van der Waals surface area contributed by atoms with Crippen LogP contribution in [-0.4, -0.2) is 38.0 Å². The molecule has 1 aromatic carbocycles. The van der Waals surface area contributed by atoms with Crippen molar-refractivity contribution in [2.75, 3.05) is 27.2 Å². The van der Waals surface area contributed by atoms with Crippen LogP contribution in [0.1, 0.15) is 22.9 Å². The zero-order chi connectivity index (χ0) is 17.2. The van der Waals surface area contributed by atoms with E-state index >= 15 is 0 Å². The molecule has 0 fully saturated rings. The number of rotatable bonds is 8. The van der Waals surface area contributed by atoms with Crippen LogP contribution < -0.4 is 10.6 Å². The number of thiophene rings is 1. The van der Waals surface area contributed by atoms with Gasteiger partial charge in [-0.3, -0.25) is 0 Å². The highest BCUT2D eigenvalue weighted by Crippen LogP contribution is 2.09. The number of aliphatic imine (C=N–C) groups is 1. The molecule has 130 valence electrons. The molecular formula is C19H28N4S. The van der Waals surface area contributed by atoms with Crippen LogP contribution in [0, 0.1) is 0 Å². The molecule has 0 saturated heterocycles. The summed E-state index contributed by atoms with van der Waals surface area (Å²) in [4.78, 5) is 8.28. The molecule has 1 heterocycles. The average molecular weight is 345 g/mol. The summed E-state index contributed by atoms with van der Waals surface area (Å²) in [6.07, 6.45) is 1.03. The predicted octanol–water partition coefficient (Wildman–Crippen LogP) is 3.11. The van der Waals surface area contributed by atoms with Gasteiger partial charge in [-0.05, 0) is 50.0 Å². The molecule has 0 bridgehead atoms. The van der Waals surface area contributed by atoms with E-state index in [2.05, 4.69) is 78.3 Å². The first-order valence-electron chi connectivity index (χ1n) is 8.44. The van der Waals surface area contributed by atoms with Crippen LogP contribution in [0.15, 0.2) is 46.8 Å². The number of nitrogens with zero attached hydrogens (tertiary/aromatic N) is 2. The third-order valence-corrected chi connectivity index (χ3v) is 4.43. The molecule has 2 aromatic rings. The van der Waals surface area contributed by atoms with Gasteiger partial charge >= 0.3 is 0 Å². The van der Waals surface area contributed by atoms with Crippen molar-refractivity contribution >= 4 is 17.3 Å². The highest BCUT2D eigenvalue weighted by Gasteiger charge is 2.00. The second-order valence-corrected chi connectivity index (χ2v) is 7.04. The van der Waals surface area contributed by atoms with Gasteiger partial charge in [-0.15, -0.1) is 11.3 Å². The van der Waals surface area contributed by atoms with E-state index in [9.17, 15) is 0 Å². The van der Waals surface area contributed by atoms with Crippen molar-refractivity contribution in [2.24, 2.45) is 4.99 Å². The van der Waals surface area contributed by atoms with Crippen molar-refractivity contribution in [3.8, 4) is 0 Å². The van der Waals surface area contributed by atoms with Gasteiger partial charge in [0.1, 0.15) is 0 Å². The molecule has 2 N–H and O–H groups in total. The van der Waals surface area contributed by atoms with Crippen LogP contribution in [0.4, 0.5) is 0 Å². The minimum Gasteiger partial charge on any atom is -0.357 e. The lowest BCUT2D eigenvalue weighted by Crippen LogP contribution is -2.38. The Morgan fingerprint density at radius 2 is 1.96 bits per heavy atom. The number of hydrogen-bond acceptors (Lipinski definition) is 3. The summed E-state index contributed by atoms with van der Waals surface area (Å²) < 4.78 is 0. The van der Waals surface area contributed by atoms with E-state index in [-0.39, 0.29) is 0 Å². The summed E-state index contributed by atoms with van der Waals surface area (Å²) in [6.45, 7) is 5.50. The minimum atomic E-state index is 0.690. The fourth-order valence-corrected chi connectivity index (χ4v) is 3.17. The van der Waals surface area contributed by atoms with E-state index in [1.165, 1.54) is 16.0 Å². The number of nitrogens with one attached hydrogen (secondary N) is 2. The topological polar surface area (TPSA) is 39.7 Å². The third-order valence-electron chi connectivity index (χ3n) is 3.50. The second-order valence-electron chi connectivity index (χ2n) is 6.01. The molecule has 0 atom stereocenters. The Labute approximate surface area is 149 Å². The van der Waals surface area contributed by atoms with E-state index in [0.717, 1.165) is 32.0 Å². The van der Waals surface area contributed by atoms with Gasteiger partial charge in [-0.25, -0.2) is 4.99 Å². The maximum absolute atomic E-state index is 4.71. The lowest BCUT2D eigenvalue weighted by molar-refractivity contribution is 0.402. The number of guanidine groups is 1. The van der Waals surface area contributed by atoms with Crippen molar-refractivity contribution in [1.82, 2.24) is 15.5 Å². The van der Waals surface area contributed by atoms with Gasteiger partial charge in [0.2, 0.25) is 0 Å². The van der Waals surface area contributed by atoms with Crippen LogP contribution in [-0.2, 0) is 19.5 Å². The molecule has 0 amide bonds. The quantitative estimate of drug-likeness (QED) is 0.571. The lowest BCUT2D eigenvalue weighted by Gasteiger charge is -2.12. The van der Waals surface area contributed by atoms with Gasteiger partial charge in [-0.1, -0.05) is 30.3 Å². The van der Waals surface area contributed by atoms with Crippen molar-refractivity contribution in [3.63, 3.8) is 0 Å². The van der Waals surface area contributed by atoms with Gasteiger partial charge in [0, 0.05) is 24.5 Å². The summed E-state index contributed by atoms with van der Waals surface area (Å²) in [7, 11) is 4.18. The normalized spacial score (nSPS) is 11.8. The highest BCUT2D eigenvalue weighted by molar-refractivity contribution is 7.09. The zero-order valence-electron chi connectivity index (χ0n) is 14.9. The van der Waals surface area contributed by atoms with Crippen LogP contribution >= 0.6 is 11.3 Å². The van der Waals surface area contributed by atoms with Gasteiger partial charge < -0.3 is 15.5 Å². The van der Waals surface area contributed by atoms with E-state index in [4.69, 9.17) is 4.99 Å². The monoisotopic (exact) mass is 344 g/mol. The van der Waals surface area contributed by atoms with Gasteiger partial charge in [-0.2, -0.15) is 0 Å². The van der Waals surface area contributed by atoms with E-state index < -0.39 is 0 Å². The molecule has 0 aliphatic heterocycles. The lowest BCUT2D eigenvalue weighted by atomic mass is 10.1. The molecule has 5 heteroatoms. The Hall–Kier alpha value is -1.85. The molecule has 0 aliphatic rings. The molecule has 0 radical (unpaired) electrons. The summed E-state index contributed by atoms with van der Waals surface area (Å²) in [6, 6.07) is 12.9. The molecule has 4 nitrogen and oxygen atoms in total. The Kier molecular flexibility index (Phi) is 7.79. The molecule has 0 unspecified atom stereocenters. The fourth-order valence-electron chi connectivity index (χ4n) is 2.46. The Bertz CT molecular complexity index is 620. The molecule has 1 aromatic heterocycles. The Morgan fingerprint density at radius 1 is 1.12 bits per heavy atom. The second kappa shape index (κ2) is 10.1. The van der Waals surface area contributed by atoms with Crippen LogP contribution in [0.2, 0.25) is 0 Å². The first kappa shape index (κ1) is 18.5. The zero-order valence-corrected chi connectivity index (χ0v) is 15.7. The van der Waals surface area contributed by atoms with Crippen molar-refractivity contribution in [1.29, 1.82) is 0 Å². The summed E-state index contributed by atoms with van der Waals surface area (Å²) in [5, 5.41) is 8.85. The van der Waals surface area contributed by atoms with Crippen LogP contribution in [0.5, 0.6) is 0 Å². The average Bonchev–Trinajstić information content (AvgIpc) is 3.06. The number of benzene rings is 1. The molecule has 24 heavy (non-hydrogen) atoms. The van der Waals surface area contributed by atoms with Crippen LogP contribution in [0.25, 0.3) is 0 Å². The third kappa shape index (κ3) is 6.72. The first-order valence-corrected chi connectivity index (χ1v) is 9.32. The van der Waals surface area contributed by atoms with Crippen molar-refractivity contribution in [2.45, 2.75) is 26.4 Å². The molecule has 2 rings (SSSR count). The van der Waals surface area contributed by atoms with E-state index in [0.29, 0.717) is 6.54 Å². The summed E-state index contributed by atoms with van der Waals surface area (Å²) >= 11 is 1.80. The molecule has 0 spiro atoms. The van der Waals surface area contributed by atoms with Crippen LogP contribution in [0.3, 0.4) is 0 Å². The first-order chi connectivity index (χ1) is 11.7. The molecular weight excluding hydrogens is 316 g/mol. The maximum Gasteiger partial charge on any atom is 0.191 e. The SMILES string of the molecule is CCNC(=NCc1cccc(CN(C)C)c1)NCCc1cccs1. The van der Waals surface area contributed by atoms with E-state index in [1.54, 1.807) is 11.3 Å². The standard InChI is InChI=1S/C19H28N4S/c1-4-20-19(21-11-10-18-9-6-12-24-18)22-14-16-7-5-8-17(13-16)15-23(2)3/h5-9,12-13H,4,10-11,14-15H2,1-3H3,(H2,20,21,22). The fraction of sp³-hybridized carbons (Fsp3) is 0.421. The number of hydrogen-bond donors (Lipinski definition) is 2. The Morgan fingerprint density at radius 3 is 2.67 bits per heavy atom. The predicted molar refractivity (Wildman–Crippen MR) is 105 cm³/mol. The molecule has 0 aliphatic carbocycles. The smallest absolute Gasteiger partial charge is 0.191 e. The minimum absolute atomic E-state index is 0.690. The van der Waals surface area contributed by atoms with Gasteiger partial charge in [0.05, 0.1) is 6.54 Å². The van der Waals surface area contributed by atoms with Crippen molar-refractivity contribution in [3.05, 3.63) is 57.8 Å². The largest absolute Gasteiger partial charge is 0.357 e. The summed E-state index contributed by atoms with van der Waals surface area (Å²) in [5.74, 6) is 0.882.